The van der Waals surface area contributed by atoms with Crippen LogP contribution in [0.15, 0.2) is 0 Å². The van der Waals surface area contributed by atoms with Crippen LogP contribution in [0.4, 0.5) is 0 Å². The van der Waals surface area contributed by atoms with E-state index in [9.17, 15) is 86.8 Å². The summed E-state index contributed by atoms with van der Waals surface area (Å²) in [6.07, 6.45) is -45.8. The fourth-order valence-electron chi connectivity index (χ4n) is 7.03. The largest absolute Gasteiger partial charge is 0.394 e. The van der Waals surface area contributed by atoms with Crippen molar-refractivity contribution in [3.63, 3.8) is 0 Å². The summed E-state index contributed by atoms with van der Waals surface area (Å²) in [5.74, 6) is 0. The van der Waals surface area contributed by atoms with Gasteiger partial charge < -0.3 is 129 Å². The summed E-state index contributed by atoms with van der Waals surface area (Å²) in [5, 5.41) is 176. The predicted octanol–water partition coefficient (Wildman–Crippen LogP) is -11.9. The van der Waals surface area contributed by atoms with Gasteiger partial charge in [-0.3, -0.25) is 0 Å². The molecule has 5 rings (SSSR count). The van der Waals surface area contributed by atoms with Gasteiger partial charge in [-0.15, -0.1) is 0 Å². The maximum absolute atomic E-state index is 11.1. The van der Waals surface area contributed by atoms with Crippen LogP contribution in [0.3, 0.4) is 0 Å². The lowest BCUT2D eigenvalue weighted by Crippen LogP contribution is -2.68. The lowest BCUT2D eigenvalue weighted by atomic mass is 9.95. The summed E-state index contributed by atoms with van der Waals surface area (Å²) in [4.78, 5) is 0. The number of hydrogen-bond acceptors (Lipinski definition) is 26. The average molecular weight is 829 g/mol. The third-order valence-corrected chi connectivity index (χ3v) is 10.3. The van der Waals surface area contributed by atoms with Crippen LogP contribution < -0.4 is 0 Å². The molecular weight excluding hydrogens is 776 g/mol. The highest BCUT2D eigenvalue weighted by molar-refractivity contribution is 4.99. The average Bonchev–Trinajstić information content (AvgIpc) is 3.19. The third kappa shape index (κ3) is 9.16. The van der Waals surface area contributed by atoms with Crippen LogP contribution in [-0.2, 0) is 42.6 Å². The van der Waals surface area contributed by atoms with Crippen molar-refractivity contribution in [3.8, 4) is 0 Å². The molecule has 0 bridgehead atoms. The molecule has 56 heavy (non-hydrogen) atoms. The van der Waals surface area contributed by atoms with Crippen molar-refractivity contribution in [2.45, 2.75) is 154 Å². The minimum atomic E-state index is -2.12. The highest BCUT2D eigenvalue weighted by Crippen LogP contribution is 2.35. The first-order chi connectivity index (χ1) is 26.5. The van der Waals surface area contributed by atoms with E-state index in [0.29, 0.717) is 0 Å². The molecule has 25 atom stereocenters. The molecule has 5 saturated heterocycles. The molecule has 0 saturated carbocycles. The molecule has 26 heteroatoms. The van der Waals surface area contributed by atoms with Crippen LogP contribution in [0, 0.1) is 0 Å². The van der Waals surface area contributed by atoms with E-state index in [2.05, 4.69) is 0 Å². The monoisotopic (exact) mass is 828 g/mol. The minimum Gasteiger partial charge on any atom is -0.394 e. The second-order valence-corrected chi connectivity index (χ2v) is 13.9. The molecule has 0 spiro atoms. The first kappa shape index (κ1) is 46.0. The Morgan fingerprint density at radius 2 is 0.518 bits per heavy atom. The second kappa shape index (κ2) is 19.6. The molecule has 5 heterocycles. The maximum atomic E-state index is 11.1. The standard InChI is InChI=1S/C30H52O26/c31-1-6-11(36)12(37)18(43)27(49-6)54-23-8(3-33)51-29(20(45)14(23)39)56-25-10(5-35)52-30(21(46)16(25)41)55-24-9(4-34)50-28(19(44)15(24)40)53-22-7(2-32)48-26(47)17(42)13(22)38/h6-47H,1-5H2/t6-,7-,8-,9-,10-,11+,12+,13-,14-,15-,16-,17-,18-,19-,20-,21-,22-,23-,24-,25-,26+,27-,28-,29-,30-/m1/s1. The molecule has 0 aromatic carbocycles. The van der Waals surface area contributed by atoms with Crippen LogP contribution in [-0.4, -0.2) is 273 Å². The van der Waals surface area contributed by atoms with E-state index < -0.39 is 187 Å². The summed E-state index contributed by atoms with van der Waals surface area (Å²) >= 11 is 0. The number of aliphatic hydroxyl groups excluding tert-OH is 17. The van der Waals surface area contributed by atoms with Crippen LogP contribution >= 0.6 is 0 Å². The lowest BCUT2D eigenvalue weighted by Gasteiger charge is -2.49. The van der Waals surface area contributed by atoms with Gasteiger partial charge in [0.25, 0.3) is 0 Å². The van der Waals surface area contributed by atoms with Crippen molar-refractivity contribution in [2.24, 2.45) is 0 Å². The van der Waals surface area contributed by atoms with Gasteiger partial charge >= 0.3 is 0 Å². The first-order valence-electron chi connectivity index (χ1n) is 17.6. The number of rotatable bonds is 13. The van der Waals surface area contributed by atoms with Crippen molar-refractivity contribution in [3.05, 3.63) is 0 Å². The molecule has 0 aromatic rings. The number of hydrogen-bond donors (Lipinski definition) is 17. The molecule has 0 amide bonds. The Hall–Kier alpha value is -1.04. The molecule has 5 aliphatic rings. The third-order valence-electron chi connectivity index (χ3n) is 10.3. The van der Waals surface area contributed by atoms with Gasteiger partial charge in [-0.2, -0.15) is 0 Å². The minimum absolute atomic E-state index is 0.811. The van der Waals surface area contributed by atoms with Gasteiger partial charge in [-0.05, 0) is 0 Å². The maximum Gasteiger partial charge on any atom is 0.187 e. The van der Waals surface area contributed by atoms with E-state index in [0.717, 1.165) is 0 Å². The molecule has 0 unspecified atom stereocenters. The van der Waals surface area contributed by atoms with Crippen molar-refractivity contribution >= 4 is 0 Å². The second-order valence-electron chi connectivity index (χ2n) is 13.9. The molecule has 26 nitrogen and oxygen atoms in total. The quantitative estimate of drug-likeness (QED) is 0.0819. The molecule has 17 N–H and O–H groups in total. The van der Waals surface area contributed by atoms with Gasteiger partial charge in [0.2, 0.25) is 0 Å². The Balaban J connectivity index is 1.22. The molecule has 5 fully saturated rings. The molecule has 0 radical (unpaired) electrons. The van der Waals surface area contributed by atoms with E-state index in [1.54, 1.807) is 0 Å². The SMILES string of the molecule is OC[C@H]1O[C@H](O[C@H]2[C@H](O)[C@@H](O)[C@@H](O[C@H]3[C@H](O)[C@@H](O)[C@@H](O[C@H]4[C@H](O)[C@@H](O)[C@@H](O[C@H]5[C@H](O)[C@@H](O)[C@@H](O)O[C@@H]5CO)O[C@@H]4CO)O[C@@H]3CO)O[C@@H]2CO)[C@H](O)[C@@H](O)[C@H]1O. The van der Waals surface area contributed by atoms with E-state index in [-0.39, 0.29) is 0 Å². The summed E-state index contributed by atoms with van der Waals surface area (Å²) in [5.41, 5.74) is 0. The van der Waals surface area contributed by atoms with Gasteiger partial charge in [0.15, 0.2) is 31.5 Å². The lowest BCUT2D eigenvalue weighted by molar-refractivity contribution is -0.392. The summed E-state index contributed by atoms with van der Waals surface area (Å²) in [6, 6.07) is 0. The Kier molecular flexibility index (Phi) is 16.1. The molecular formula is C30H52O26. The normalized spacial score (nSPS) is 53.2. The summed E-state index contributed by atoms with van der Waals surface area (Å²) < 4.78 is 49.1. The highest BCUT2D eigenvalue weighted by Gasteiger charge is 2.56. The van der Waals surface area contributed by atoms with Gasteiger partial charge in [0.1, 0.15) is 122 Å². The zero-order valence-electron chi connectivity index (χ0n) is 29.2. The summed E-state index contributed by atoms with van der Waals surface area (Å²) in [7, 11) is 0. The number of ether oxygens (including phenoxy) is 9. The van der Waals surface area contributed by atoms with Crippen molar-refractivity contribution < 1.29 is 129 Å². The fourth-order valence-corrected chi connectivity index (χ4v) is 7.03. The van der Waals surface area contributed by atoms with Crippen LogP contribution in [0.5, 0.6) is 0 Å². The van der Waals surface area contributed by atoms with Crippen molar-refractivity contribution in [2.75, 3.05) is 33.0 Å². The molecule has 328 valence electrons. The molecule has 0 aromatic heterocycles. The van der Waals surface area contributed by atoms with E-state index >= 15 is 0 Å². The van der Waals surface area contributed by atoms with Crippen molar-refractivity contribution in [1.29, 1.82) is 0 Å². The highest BCUT2D eigenvalue weighted by atomic mass is 16.8. The smallest absolute Gasteiger partial charge is 0.187 e. The van der Waals surface area contributed by atoms with Gasteiger partial charge in [0.05, 0.1) is 33.0 Å². The Morgan fingerprint density at radius 3 is 0.821 bits per heavy atom. The Labute approximate surface area is 316 Å². The zero-order valence-corrected chi connectivity index (χ0v) is 29.2. The predicted molar refractivity (Wildman–Crippen MR) is 167 cm³/mol. The number of aliphatic hydroxyl groups is 17. The zero-order chi connectivity index (χ0) is 41.3. The topological polar surface area (TPSA) is 427 Å². The first-order valence-corrected chi connectivity index (χ1v) is 17.6. The van der Waals surface area contributed by atoms with Crippen LogP contribution in [0.25, 0.3) is 0 Å². The van der Waals surface area contributed by atoms with Crippen LogP contribution in [0.1, 0.15) is 0 Å². The van der Waals surface area contributed by atoms with Gasteiger partial charge in [-0.25, -0.2) is 0 Å². The van der Waals surface area contributed by atoms with Crippen LogP contribution in [0.2, 0.25) is 0 Å². The Morgan fingerprint density at radius 1 is 0.268 bits per heavy atom. The molecule has 5 aliphatic heterocycles. The molecule has 0 aliphatic carbocycles. The summed E-state index contributed by atoms with van der Waals surface area (Å²) in [6.45, 7) is -4.51. The van der Waals surface area contributed by atoms with E-state index in [1.165, 1.54) is 0 Å². The van der Waals surface area contributed by atoms with Gasteiger partial charge in [0, 0.05) is 0 Å². The van der Waals surface area contributed by atoms with E-state index in [4.69, 9.17) is 42.6 Å². The van der Waals surface area contributed by atoms with Gasteiger partial charge in [-0.1, -0.05) is 0 Å². The van der Waals surface area contributed by atoms with E-state index in [1.807, 2.05) is 0 Å². The fraction of sp³-hybridized carbons (Fsp3) is 1.00. The van der Waals surface area contributed by atoms with Crippen molar-refractivity contribution in [1.82, 2.24) is 0 Å². The Bertz CT molecular complexity index is 1200.